The van der Waals surface area contributed by atoms with Crippen molar-refractivity contribution in [1.29, 1.82) is 0 Å². The van der Waals surface area contributed by atoms with E-state index in [2.05, 4.69) is 47.6 Å². The molecule has 110 valence electrons. The van der Waals surface area contributed by atoms with Gasteiger partial charge in [-0.25, -0.2) is 0 Å². The minimum absolute atomic E-state index is 0.507. The lowest BCUT2D eigenvalue weighted by atomic mass is 9.95. The van der Waals surface area contributed by atoms with Crippen molar-refractivity contribution in [2.45, 2.75) is 25.6 Å². The monoisotopic (exact) mass is 300 g/mol. The van der Waals surface area contributed by atoms with Gasteiger partial charge < -0.3 is 10.2 Å². The van der Waals surface area contributed by atoms with Crippen molar-refractivity contribution in [3.8, 4) is 0 Å². The van der Waals surface area contributed by atoms with Gasteiger partial charge in [0.1, 0.15) is 0 Å². The van der Waals surface area contributed by atoms with Crippen LogP contribution in [0.1, 0.15) is 16.7 Å². The molecule has 3 heteroatoms. The highest BCUT2D eigenvalue weighted by molar-refractivity contribution is 6.31. The van der Waals surface area contributed by atoms with Crippen LogP contribution < -0.4 is 5.32 Å². The van der Waals surface area contributed by atoms with Gasteiger partial charge in [-0.2, -0.15) is 0 Å². The Morgan fingerprint density at radius 2 is 1.81 bits per heavy atom. The Bertz CT molecular complexity index is 612. The van der Waals surface area contributed by atoms with Gasteiger partial charge in [-0.3, -0.25) is 0 Å². The van der Waals surface area contributed by atoms with Crippen LogP contribution >= 0.6 is 11.6 Å². The van der Waals surface area contributed by atoms with Crippen molar-refractivity contribution in [1.82, 2.24) is 10.2 Å². The number of halogens is 1. The molecule has 1 unspecified atom stereocenters. The van der Waals surface area contributed by atoms with E-state index < -0.39 is 0 Å². The second-order valence-corrected chi connectivity index (χ2v) is 6.25. The third-order valence-electron chi connectivity index (χ3n) is 4.10. The average Bonchev–Trinajstić information content (AvgIpc) is 2.49. The van der Waals surface area contributed by atoms with E-state index in [1.165, 1.54) is 16.7 Å². The Labute approximate surface area is 131 Å². The molecule has 1 aliphatic heterocycles. The molecular formula is C18H21ClN2. The fourth-order valence-corrected chi connectivity index (χ4v) is 3.20. The third kappa shape index (κ3) is 3.65. The molecule has 0 fully saturated rings. The fraction of sp³-hybridized carbons (Fsp3) is 0.333. The molecule has 1 heterocycles. The van der Waals surface area contributed by atoms with E-state index in [-0.39, 0.29) is 0 Å². The quantitative estimate of drug-likeness (QED) is 0.930. The van der Waals surface area contributed by atoms with Crippen LogP contribution in [0, 0.1) is 0 Å². The van der Waals surface area contributed by atoms with Crippen LogP contribution in [-0.4, -0.2) is 24.5 Å². The first-order valence-electron chi connectivity index (χ1n) is 7.44. The van der Waals surface area contributed by atoms with E-state index in [4.69, 9.17) is 11.6 Å². The lowest BCUT2D eigenvalue weighted by molar-refractivity contribution is 0.274. The standard InChI is InChI=1S/C18H21ClN2/c1-21(12-16-8-4-5-9-18(16)19)13-17-10-14-6-2-3-7-15(14)11-20-17/h2-9,17,20H,10-13H2,1H3. The first kappa shape index (κ1) is 14.6. The molecular weight excluding hydrogens is 280 g/mol. The van der Waals surface area contributed by atoms with Gasteiger partial charge in [-0.15, -0.1) is 0 Å². The number of benzene rings is 2. The second-order valence-electron chi connectivity index (χ2n) is 5.84. The zero-order chi connectivity index (χ0) is 14.7. The summed E-state index contributed by atoms with van der Waals surface area (Å²) in [4.78, 5) is 2.34. The average molecular weight is 301 g/mol. The Morgan fingerprint density at radius 3 is 2.62 bits per heavy atom. The molecule has 0 aromatic heterocycles. The number of nitrogens with zero attached hydrogens (tertiary/aromatic N) is 1. The van der Waals surface area contributed by atoms with Crippen LogP contribution in [0.3, 0.4) is 0 Å². The molecule has 2 aromatic rings. The summed E-state index contributed by atoms with van der Waals surface area (Å²) in [5.74, 6) is 0. The molecule has 1 N–H and O–H groups in total. The number of likely N-dealkylation sites (N-methyl/N-ethyl adjacent to an activating group) is 1. The Morgan fingerprint density at radius 1 is 1.10 bits per heavy atom. The van der Waals surface area contributed by atoms with Gasteiger partial charge >= 0.3 is 0 Å². The largest absolute Gasteiger partial charge is 0.308 e. The SMILES string of the molecule is CN(Cc1ccccc1Cl)CC1Cc2ccccc2CN1. The maximum Gasteiger partial charge on any atom is 0.0451 e. The van der Waals surface area contributed by atoms with Crippen molar-refractivity contribution in [3.63, 3.8) is 0 Å². The minimum Gasteiger partial charge on any atom is -0.308 e. The molecule has 0 amide bonds. The molecule has 0 radical (unpaired) electrons. The molecule has 0 saturated heterocycles. The van der Waals surface area contributed by atoms with Crippen LogP contribution in [-0.2, 0) is 19.5 Å². The fourth-order valence-electron chi connectivity index (χ4n) is 3.01. The van der Waals surface area contributed by atoms with Gasteiger partial charge in [0.2, 0.25) is 0 Å². The van der Waals surface area contributed by atoms with Crippen molar-refractivity contribution in [3.05, 3.63) is 70.2 Å². The van der Waals surface area contributed by atoms with E-state index in [0.717, 1.165) is 31.1 Å². The first-order chi connectivity index (χ1) is 10.2. The van der Waals surface area contributed by atoms with E-state index in [0.29, 0.717) is 6.04 Å². The summed E-state index contributed by atoms with van der Waals surface area (Å²) < 4.78 is 0. The Kier molecular flexibility index (Phi) is 4.59. The van der Waals surface area contributed by atoms with Crippen LogP contribution in [0.25, 0.3) is 0 Å². The van der Waals surface area contributed by atoms with E-state index in [1.54, 1.807) is 0 Å². The molecule has 3 rings (SSSR count). The summed E-state index contributed by atoms with van der Waals surface area (Å²) in [7, 11) is 2.16. The normalized spacial score (nSPS) is 17.8. The molecule has 1 atom stereocenters. The van der Waals surface area contributed by atoms with Crippen LogP contribution in [0.4, 0.5) is 0 Å². The summed E-state index contributed by atoms with van der Waals surface area (Å²) >= 11 is 6.24. The summed E-state index contributed by atoms with van der Waals surface area (Å²) in [6.07, 6.45) is 1.10. The van der Waals surface area contributed by atoms with Crippen LogP contribution in [0.5, 0.6) is 0 Å². The number of nitrogens with one attached hydrogen (secondary N) is 1. The summed E-state index contributed by atoms with van der Waals surface area (Å²) in [6.45, 7) is 2.89. The maximum atomic E-state index is 6.24. The van der Waals surface area contributed by atoms with Gasteiger partial charge in [0.15, 0.2) is 0 Å². The zero-order valence-corrected chi connectivity index (χ0v) is 13.1. The summed E-state index contributed by atoms with van der Waals surface area (Å²) in [5, 5.41) is 4.48. The smallest absolute Gasteiger partial charge is 0.0451 e. The molecule has 21 heavy (non-hydrogen) atoms. The van der Waals surface area contributed by atoms with Gasteiger partial charge in [-0.05, 0) is 36.2 Å². The topological polar surface area (TPSA) is 15.3 Å². The first-order valence-corrected chi connectivity index (χ1v) is 7.82. The van der Waals surface area contributed by atoms with Crippen molar-refractivity contribution < 1.29 is 0 Å². The number of rotatable bonds is 4. The highest BCUT2D eigenvalue weighted by Gasteiger charge is 2.19. The number of fused-ring (bicyclic) bond motifs is 1. The molecule has 0 saturated carbocycles. The lowest BCUT2D eigenvalue weighted by Crippen LogP contribution is -2.43. The highest BCUT2D eigenvalue weighted by atomic mass is 35.5. The lowest BCUT2D eigenvalue weighted by Gasteiger charge is -2.30. The number of hydrogen-bond donors (Lipinski definition) is 1. The van der Waals surface area contributed by atoms with Crippen molar-refractivity contribution >= 4 is 11.6 Å². The molecule has 1 aliphatic rings. The molecule has 0 bridgehead atoms. The van der Waals surface area contributed by atoms with E-state index >= 15 is 0 Å². The Hall–Kier alpha value is -1.35. The zero-order valence-electron chi connectivity index (χ0n) is 12.3. The minimum atomic E-state index is 0.507. The summed E-state index contributed by atoms with van der Waals surface area (Å²) in [6, 6.07) is 17.3. The van der Waals surface area contributed by atoms with Crippen molar-refractivity contribution in [2.24, 2.45) is 0 Å². The maximum absolute atomic E-state index is 6.24. The van der Waals surface area contributed by atoms with Crippen LogP contribution in [0.2, 0.25) is 5.02 Å². The van der Waals surface area contributed by atoms with Crippen molar-refractivity contribution in [2.75, 3.05) is 13.6 Å². The third-order valence-corrected chi connectivity index (χ3v) is 4.46. The van der Waals surface area contributed by atoms with Gasteiger partial charge in [0.25, 0.3) is 0 Å². The van der Waals surface area contributed by atoms with Crippen LogP contribution in [0.15, 0.2) is 48.5 Å². The van der Waals surface area contributed by atoms with Gasteiger partial charge in [0.05, 0.1) is 0 Å². The molecule has 2 nitrogen and oxygen atoms in total. The Balaban J connectivity index is 1.59. The molecule has 2 aromatic carbocycles. The predicted octanol–water partition coefficient (Wildman–Crippen LogP) is 3.49. The van der Waals surface area contributed by atoms with E-state index in [1.807, 2.05) is 18.2 Å². The van der Waals surface area contributed by atoms with Gasteiger partial charge in [-0.1, -0.05) is 54.1 Å². The molecule has 0 aliphatic carbocycles. The molecule has 0 spiro atoms. The highest BCUT2D eigenvalue weighted by Crippen LogP contribution is 2.19. The number of hydrogen-bond acceptors (Lipinski definition) is 2. The predicted molar refractivity (Wildman–Crippen MR) is 88.6 cm³/mol. The van der Waals surface area contributed by atoms with E-state index in [9.17, 15) is 0 Å². The second kappa shape index (κ2) is 6.61. The summed E-state index contributed by atoms with van der Waals surface area (Å²) in [5.41, 5.74) is 4.10. The van der Waals surface area contributed by atoms with Gasteiger partial charge in [0, 0.05) is 30.7 Å².